The number of hydrogen-bond donors (Lipinski definition) is 1. The van der Waals surface area contributed by atoms with Gasteiger partial charge in [0, 0.05) is 10.9 Å². The number of anilines is 1. The summed E-state index contributed by atoms with van der Waals surface area (Å²) in [5.41, 5.74) is 2.52. The average molecular weight is 382 g/mol. The van der Waals surface area contributed by atoms with E-state index in [9.17, 15) is 9.18 Å². The van der Waals surface area contributed by atoms with E-state index in [0.29, 0.717) is 10.5 Å². The van der Waals surface area contributed by atoms with Crippen LogP contribution in [-0.4, -0.2) is 27.6 Å². The molecule has 0 saturated carbocycles. The number of benzene rings is 2. The smallest absolute Gasteiger partial charge is 0.250 e. The van der Waals surface area contributed by atoms with Crippen LogP contribution >= 0.6 is 11.3 Å². The van der Waals surface area contributed by atoms with Gasteiger partial charge in [-0.1, -0.05) is 24.3 Å². The monoisotopic (exact) mass is 382 g/mol. The number of aromatic nitrogens is 3. The quantitative estimate of drug-likeness (QED) is 0.570. The standard InChI is InChI=1S/C19H15FN4O2S/c1-26-15-4-2-3-13(10-15)16-11-27-19-22-18(23-24(16)19)21-17(25)9-12-5-7-14(20)8-6-12/h2-8,10-11H,9H2,1H3,(H,21,23,25). The number of nitrogens with zero attached hydrogens (tertiary/aromatic N) is 3. The third-order valence-electron chi connectivity index (χ3n) is 3.98. The van der Waals surface area contributed by atoms with Crippen molar-refractivity contribution < 1.29 is 13.9 Å². The molecule has 0 aliphatic heterocycles. The maximum absolute atomic E-state index is 12.9. The Labute approximate surface area is 158 Å². The second-order valence-electron chi connectivity index (χ2n) is 5.83. The first-order valence-corrected chi connectivity index (χ1v) is 9.03. The maximum Gasteiger partial charge on any atom is 0.250 e. The third kappa shape index (κ3) is 3.65. The molecule has 0 aliphatic carbocycles. The number of nitrogens with one attached hydrogen (secondary N) is 1. The van der Waals surface area contributed by atoms with Gasteiger partial charge in [-0.05, 0) is 29.8 Å². The Morgan fingerprint density at radius 2 is 2.07 bits per heavy atom. The zero-order valence-electron chi connectivity index (χ0n) is 14.3. The Hall–Kier alpha value is -3.26. The van der Waals surface area contributed by atoms with E-state index in [-0.39, 0.29) is 24.1 Å². The van der Waals surface area contributed by atoms with Crippen LogP contribution in [-0.2, 0) is 11.2 Å². The van der Waals surface area contributed by atoms with Crippen LogP contribution in [0.5, 0.6) is 5.75 Å². The molecule has 0 radical (unpaired) electrons. The molecule has 0 unspecified atom stereocenters. The first kappa shape index (κ1) is 17.2. The largest absolute Gasteiger partial charge is 0.497 e. The zero-order valence-corrected chi connectivity index (χ0v) is 15.2. The minimum Gasteiger partial charge on any atom is -0.497 e. The van der Waals surface area contributed by atoms with Crippen LogP contribution in [0.25, 0.3) is 16.2 Å². The van der Waals surface area contributed by atoms with E-state index in [1.165, 1.54) is 23.5 Å². The van der Waals surface area contributed by atoms with Crippen LogP contribution in [0.3, 0.4) is 0 Å². The number of amides is 1. The Balaban J connectivity index is 1.54. The molecule has 0 spiro atoms. The molecule has 2 heterocycles. The number of methoxy groups -OCH3 is 1. The molecule has 4 aromatic rings. The first-order chi connectivity index (χ1) is 13.1. The molecular formula is C19H15FN4O2S. The summed E-state index contributed by atoms with van der Waals surface area (Å²) in [6, 6.07) is 13.5. The Morgan fingerprint density at radius 3 is 2.85 bits per heavy atom. The number of ether oxygens (including phenoxy) is 1. The molecule has 0 bridgehead atoms. The van der Waals surface area contributed by atoms with Gasteiger partial charge in [-0.15, -0.1) is 16.4 Å². The van der Waals surface area contributed by atoms with Crippen molar-refractivity contribution in [2.75, 3.05) is 12.4 Å². The van der Waals surface area contributed by atoms with Crippen LogP contribution in [0, 0.1) is 5.82 Å². The van der Waals surface area contributed by atoms with Gasteiger partial charge in [0.15, 0.2) is 0 Å². The van der Waals surface area contributed by atoms with Crippen molar-refractivity contribution in [2.24, 2.45) is 0 Å². The van der Waals surface area contributed by atoms with Crippen molar-refractivity contribution in [2.45, 2.75) is 6.42 Å². The van der Waals surface area contributed by atoms with Gasteiger partial charge in [-0.2, -0.15) is 4.98 Å². The second kappa shape index (κ2) is 7.16. The van der Waals surface area contributed by atoms with Crippen LogP contribution in [0.1, 0.15) is 5.56 Å². The number of fused-ring (bicyclic) bond motifs is 1. The normalized spacial score (nSPS) is 10.9. The third-order valence-corrected chi connectivity index (χ3v) is 4.79. The van der Waals surface area contributed by atoms with Crippen LogP contribution in [0.2, 0.25) is 0 Å². The van der Waals surface area contributed by atoms with Crippen molar-refractivity contribution >= 4 is 28.2 Å². The van der Waals surface area contributed by atoms with Gasteiger partial charge in [-0.25, -0.2) is 8.91 Å². The van der Waals surface area contributed by atoms with Crippen LogP contribution in [0.4, 0.5) is 10.3 Å². The molecular weight excluding hydrogens is 367 g/mol. The van der Waals surface area contributed by atoms with Crippen LogP contribution < -0.4 is 10.1 Å². The fourth-order valence-electron chi connectivity index (χ4n) is 2.67. The summed E-state index contributed by atoms with van der Waals surface area (Å²) in [6.45, 7) is 0. The highest BCUT2D eigenvalue weighted by Gasteiger charge is 2.14. The van der Waals surface area contributed by atoms with Crippen molar-refractivity contribution in [1.82, 2.24) is 14.6 Å². The molecule has 1 N–H and O–H groups in total. The second-order valence-corrected chi connectivity index (χ2v) is 6.67. The zero-order chi connectivity index (χ0) is 18.8. The fourth-order valence-corrected chi connectivity index (χ4v) is 3.50. The summed E-state index contributed by atoms with van der Waals surface area (Å²) < 4.78 is 19.9. The van der Waals surface area contributed by atoms with Gasteiger partial charge < -0.3 is 4.74 Å². The summed E-state index contributed by atoms with van der Waals surface area (Å²) in [7, 11) is 1.62. The van der Waals surface area contributed by atoms with Crippen LogP contribution in [0.15, 0.2) is 53.9 Å². The van der Waals surface area contributed by atoms with E-state index in [0.717, 1.165) is 17.0 Å². The molecule has 0 atom stereocenters. The van der Waals surface area contributed by atoms with E-state index in [4.69, 9.17) is 4.74 Å². The molecule has 136 valence electrons. The lowest BCUT2D eigenvalue weighted by Gasteiger charge is -2.03. The molecule has 0 fully saturated rings. The average Bonchev–Trinajstić information content (AvgIpc) is 3.23. The summed E-state index contributed by atoms with van der Waals surface area (Å²) in [4.78, 5) is 17.2. The molecule has 0 saturated heterocycles. The molecule has 4 rings (SSSR count). The molecule has 1 amide bonds. The number of hydrogen-bond acceptors (Lipinski definition) is 5. The lowest BCUT2D eigenvalue weighted by Crippen LogP contribution is -2.15. The van der Waals surface area contributed by atoms with E-state index in [2.05, 4.69) is 15.4 Å². The summed E-state index contributed by atoms with van der Waals surface area (Å²) in [5.74, 6) is 0.390. The highest BCUT2D eigenvalue weighted by molar-refractivity contribution is 7.15. The lowest BCUT2D eigenvalue weighted by atomic mass is 10.1. The predicted octanol–water partition coefficient (Wildman–Crippen LogP) is 3.79. The van der Waals surface area contributed by atoms with Crippen molar-refractivity contribution in [3.05, 3.63) is 65.3 Å². The van der Waals surface area contributed by atoms with E-state index in [1.807, 2.05) is 29.6 Å². The molecule has 2 aromatic heterocycles. The minimum atomic E-state index is -0.333. The Morgan fingerprint density at radius 1 is 1.26 bits per heavy atom. The first-order valence-electron chi connectivity index (χ1n) is 8.15. The molecule has 6 nitrogen and oxygen atoms in total. The maximum atomic E-state index is 12.9. The summed E-state index contributed by atoms with van der Waals surface area (Å²) >= 11 is 1.43. The Kier molecular flexibility index (Phi) is 4.55. The van der Waals surface area contributed by atoms with E-state index in [1.54, 1.807) is 23.8 Å². The lowest BCUT2D eigenvalue weighted by molar-refractivity contribution is -0.115. The predicted molar refractivity (Wildman–Crippen MR) is 102 cm³/mol. The topological polar surface area (TPSA) is 68.5 Å². The molecule has 27 heavy (non-hydrogen) atoms. The van der Waals surface area contributed by atoms with Gasteiger partial charge in [-0.3, -0.25) is 10.1 Å². The van der Waals surface area contributed by atoms with Crippen molar-refractivity contribution in [1.29, 1.82) is 0 Å². The molecule has 0 aliphatic rings. The van der Waals surface area contributed by atoms with Gasteiger partial charge in [0.2, 0.25) is 16.8 Å². The SMILES string of the molecule is COc1cccc(-c2csc3nc(NC(=O)Cc4ccc(F)cc4)nn23)c1. The van der Waals surface area contributed by atoms with Gasteiger partial charge in [0.25, 0.3) is 0 Å². The number of carbonyl (C=O) groups excluding carboxylic acids is 1. The minimum absolute atomic E-state index is 0.121. The molecule has 8 heteroatoms. The highest BCUT2D eigenvalue weighted by atomic mass is 32.1. The van der Waals surface area contributed by atoms with Gasteiger partial charge in [0.1, 0.15) is 11.6 Å². The van der Waals surface area contributed by atoms with Gasteiger partial charge in [0.05, 0.1) is 19.2 Å². The van der Waals surface area contributed by atoms with Gasteiger partial charge >= 0.3 is 0 Å². The molecule has 2 aromatic carbocycles. The number of rotatable bonds is 5. The fraction of sp³-hybridized carbons (Fsp3) is 0.105. The number of carbonyl (C=O) groups is 1. The highest BCUT2D eigenvalue weighted by Crippen LogP contribution is 2.28. The van der Waals surface area contributed by atoms with E-state index >= 15 is 0 Å². The van der Waals surface area contributed by atoms with E-state index < -0.39 is 0 Å². The van der Waals surface area contributed by atoms with Crippen molar-refractivity contribution in [3.8, 4) is 17.0 Å². The number of thiazole rings is 1. The number of halogens is 1. The van der Waals surface area contributed by atoms with Crippen molar-refractivity contribution in [3.63, 3.8) is 0 Å². The summed E-state index contributed by atoms with van der Waals surface area (Å²) in [6.07, 6.45) is 0.121. The summed E-state index contributed by atoms with van der Waals surface area (Å²) in [5, 5.41) is 9.02. The Bertz CT molecular complexity index is 1100.